The Morgan fingerprint density at radius 2 is 1.11 bits per heavy atom. The summed E-state index contributed by atoms with van der Waals surface area (Å²) in [5.74, 6) is 2.09. The van der Waals surface area contributed by atoms with Gasteiger partial charge in [-0.2, -0.15) is 0 Å². The second kappa shape index (κ2) is 26.6. The molecule has 0 spiro atoms. The van der Waals surface area contributed by atoms with E-state index in [2.05, 4.69) is 296 Å². The van der Waals surface area contributed by atoms with Crippen molar-refractivity contribution >= 4 is 57.6 Å². The molecule has 3 aliphatic carbocycles. The first-order valence-electron chi connectivity index (χ1n) is 34.2. The molecule has 3 aliphatic heterocycles. The minimum Gasteiger partial charge on any atom is -0.456 e. The first kappa shape index (κ1) is 61.6. The van der Waals surface area contributed by atoms with E-state index in [1.54, 1.807) is 0 Å². The van der Waals surface area contributed by atoms with Crippen molar-refractivity contribution in [1.82, 2.24) is 4.58 Å². The zero-order valence-electron chi connectivity index (χ0n) is 56.0. The molecule has 0 aromatic heterocycles. The van der Waals surface area contributed by atoms with Gasteiger partial charge >= 0.3 is 0 Å². The third kappa shape index (κ3) is 12.5. The van der Waals surface area contributed by atoms with E-state index in [1.807, 2.05) is 0 Å². The second-order valence-corrected chi connectivity index (χ2v) is 27.1. The van der Waals surface area contributed by atoms with Crippen LogP contribution in [-0.2, 0) is 17.6 Å². The molecule has 15 rings (SSSR count). The van der Waals surface area contributed by atoms with Crippen molar-refractivity contribution < 1.29 is 9.53 Å². The molecule has 4 heteroatoms. The summed E-state index contributed by atoms with van der Waals surface area (Å²) in [6, 6.07) is 70.6. The number of nitrogens with zero attached hydrogens (tertiary/aromatic N) is 2. The van der Waals surface area contributed by atoms with Crippen LogP contribution in [-0.4, -0.2) is 24.6 Å². The van der Waals surface area contributed by atoms with Crippen molar-refractivity contribution in [1.29, 1.82) is 0 Å². The van der Waals surface area contributed by atoms with Crippen LogP contribution in [0.15, 0.2) is 246 Å². The van der Waals surface area contributed by atoms with Gasteiger partial charge in [0.1, 0.15) is 17.1 Å². The van der Waals surface area contributed by atoms with Crippen LogP contribution in [0, 0.1) is 41.5 Å². The molecular weight excluding hydrogens is 1140 g/mol. The molecule has 0 amide bonds. The summed E-state index contributed by atoms with van der Waals surface area (Å²) in [6.07, 6.45) is 26.4. The highest BCUT2D eigenvalue weighted by Gasteiger charge is 2.43. The molecular formula is C90H85N2O2+. The summed E-state index contributed by atoms with van der Waals surface area (Å²) >= 11 is 0. The van der Waals surface area contributed by atoms with Gasteiger partial charge in [-0.25, -0.2) is 0 Å². The molecule has 6 aliphatic rings. The third-order valence-corrected chi connectivity index (χ3v) is 20.2. The molecule has 9 aromatic rings. The lowest BCUT2D eigenvalue weighted by Gasteiger charge is -2.34. The fraction of sp³-hybridized carbons (Fsp3) is 0.222. The highest BCUT2D eigenvalue weighted by Crippen LogP contribution is 2.47. The van der Waals surface area contributed by atoms with Gasteiger partial charge < -0.3 is 9.64 Å². The van der Waals surface area contributed by atoms with Gasteiger partial charge in [0.05, 0.1) is 5.56 Å². The smallest absolute Gasteiger partial charge is 0.268 e. The van der Waals surface area contributed by atoms with Crippen molar-refractivity contribution in [2.45, 2.75) is 125 Å². The maximum Gasteiger partial charge on any atom is 0.268 e. The first-order valence-corrected chi connectivity index (χ1v) is 34.2. The standard InChI is InChI=1S/C51H44O.C39H41N2O/c1-5-18-38(19-6-1)44-33-47(39-20-7-2-8-21-39)45-28-14-26-42(48(45)34-44)31-36-16-13-17-37(30-36)32-43-27-15-29-46-49(40-22-9-3-10-23-40)35-50(52-51(43)46)41-24-11-4-12-25-41;1-23-17-25(3)36(26(4)18-23)38-39(42)33-22-31(11-10-30-12-15-34-32(21-30)14-9-29(7)40(34)8)13-16-35(33)41(38)37-27(5)19-24(2)20-28(37)6/h1-12,18-25,30-35H,13-17,26-29H2;10-13,15-22,29H,9,14H2,1-8H3/q;+1/b37-32-,42-31+;11-10+. The maximum absolute atomic E-state index is 14.4. The number of benzene rings is 9. The Labute approximate surface area is 557 Å². The van der Waals surface area contributed by atoms with E-state index in [4.69, 9.17) is 4.74 Å². The van der Waals surface area contributed by atoms with Gasteiger partial charge in [0.25, 0.3) is 11.5 Å². The van der Waals surface area contributed by atoms with Gasteiger partial charge in [-0.05, 0) is 268 Å². The van der Waals surface area contributed by atoms with Crippen molar-refractivity contribution in [2.24, 2.45) is 0 Å². The Morgan fingerprint density at radius 3 is 1.80 bits per heavy atom. The number of hydrogen-bond donors (Lipinski definition) is 0. The molecule has 94 heavy (non-hydrogen) atoms. The summed E-state index contributed by atoms with van der Waals surface area (Å²) < 4.78 is 9.09. The average molecular weight is 1230 g/mol. The van der Waals surface area contributed by atoms with Crippen LogP contribution in [0.2, 0.25) is 0 Å². The highest BCUT2D eigenvalue weighted by molar-refractivity contribution is 6.56. The molecule has 1 atom stereocenters. The number of ketones is 1. The van der Waals surface area contributed by atoms with E-state index in [0.717, 1.165) is 113 Å². The topological polar surface area (TPSA) is 32.5 Å². The molecule has 3 heterocycles. The molecule has 0 saturated heterocycles. The molecule has 4 nitrogen and oxygen atoms in total. The first-order chi connectivity index (χ1) is 45.8. The summed E-state index contributed by atoms with van der Waals surface area (Å²) in [5, 5.41) is 0. The van der Waals surface area contributed by atoms with Crippen molar-refractivity contribution in [3.63, 3.8) is 0 Å². The lowest BCUT2D eigenvalue weighted by Crippen LogP contribution is -2.33. The number of Topliss-reactive ketones (excluding diaryl/α,β-unsaturated/α-hetero) is 1. The molecule has 0 bridgehead atoms. The Morgan fingerprint density at radius 1 is 0.511 bits per heavy atom. The molecule has 0 N–H and O–H groups in total. The summed E-state index contributed by atoms with van der Waals surface area (Å²) in [7, 11) is 2.19. The summed E-state index contributed by atoms with van der Waals surface area (Å²) in [5.41, 5.74) is 35.5. The fourth-order valence-corrected chi connectivity index (χ4v) is 15.7. The Kier molecular flexibility index (Phi) is 17.4. The summed E-state index contributed by atoms with van der Waals surface area (Å²) in [4.78, 5) is 16.8. The number of aryl methyl sites for hydroxylation is 7. The van der Waals surface area contributed by atoms with Crippen LogP contribution in [0.3, 0.4) is 0 Å². The van der Waals surface area contributed by atoms with Crippen molar-refractivity contribution in [3.8, 4) is 22.3 Å². The second-order valence-electron chi connectivity index (χ2n) is 27.1. The van der Waals surface area contributed by atoms with Crippen molar-refractivity contribution in [3.05, 3.63) is 330 Å². The van der Waals surface area contributed by atoms with Crippen LogP contribution in [0.5, 0.6) is 0 Å². The predicted molar refractivity (Wildman–Crippen MR) is 397 cm³/mol. The molecule has 0 fully saturated rings. The number of fused-ring (bicyclic) bond motifs is 4. The zero-order valence-corrected chi connectivity index (χ0v) is 56.0. The maximum atomic E-state index is 14.4. The summed E-state index contributed by atoms with van der Waals surface area (Å²) in [6.45, 7) is 15.1. The van der Waals surface area contributed by atoms with E-state index < -0.39 is 0 Å². The largest absolute Gasteiger partial charge is 0.456 e. The number of hydrogen-bond acceptors (Lipinski definition) is 3. The van der Waals surface area contributed by atoms with Crippen molar-refractivity contribution in [2.75, 3.05) is 11.9 Å². The molecule has 466 valence electrons. The van der Waals surface area contributed by atoms with Gasteiger partial charge in [0.2, 0.25) is 11.4 Å². The van der Waals surface area contributed by atoms with E-state index >= 15 is 0 Å². The van der Waals surface area contributed by atoms with Crippen LogP contribution in [0.1, 0.15) is 153 Å². The fourth-order valence-electron chi connectivity index (χ4n) is 15.7. The number of carbonyl (C=O) groups excluding carboxylic acids is 1. The van der Waals surface area contributed by atoms with E-state index in [9.17, 15) is 4.79 Å². The Bertz CT molecular complexity index is 4690. The third-order valence-electron chi connectivity index (χ3n) is 20.2. The number of carbonyl (C=O) groups is 1. The number of allylic oxidation sites excluding steroid dienone is 10. The van der Waals surface area contributed by atoms with Crippen LogP contribution >= 0.6 is 0 Å². The van der Waals surface area contributed by atoms with Gasteiger partial charge in [-0.1, -0.05) is 181 Å². The van der Waals surface area contributed by atoms with Crippen LogP contribution in [0.25, 0.3) is 51.3 Å². The monoisotopic (exact) mass is 1230 g/mol. The van der Waals surface area contributed by atoms with Gasteiger partial charge in [0, 0.05) is 47.1 Å². The highest BCUT2D eigenvalue weighted by atomic mass is 16.5. The average Bonchev–Trinajstić information content (AvgIpc) is 1.56. The van der Waals surface area contributed by atoms with Gasteiger partial charge in [-0.15, -0.1) is 4.58 Å². The molecule has 0 saturated carbocycles. The lowest BCUT2D eigenvalue weighted by molar-refractivity contribution is 0.106. The number of ether oxygens (including phenoxy) is 1. The quantitative estimate of drug-likeness (QED) is 0.101. The van der Waals surface area contributed by atoms with Crippen LogP contribution in [0.4, 0.5) is 17.1 Å². The number of anilines is 1. The Balaban J connectivity index is 0.000000166. The minimum atomic E-state index is 0.0839. The van der Waals surface area contributed by atoms with E-state index in [1.165, 1.54) is 131 Å². The van der Waals surface area contributed by atoms with E-state index in [0.29, 0.717) is 6.04 Å². The zero-order chi connectivity index (χ0) is 64.6. The molecule has 9 aromatic carbocycles. The lowest BCUT2D eigenvalue weighted by atomic mass is 9.79. The van der Waals surface area contributed by atoms with Gasteiger partial charge in [0.15, 0.2) is 0 Å². The SMILES string of the molecule is C1=C(/C=C2\CCCc3c2cc(-c2ccccc2)cc3-c2ccccc2)CCC/C1=C/C1=C2OC(c3ccccc3)=CC(c3ccccc3)=C2CCC1.Cc1cc(C)c(C2=[N+](c3c(C)cc(C)cc3C)c3ccc(/C=C/c4ccc5c(c4)CCC(C)N5C)cc3C2=O)c(C)c1. The molecule has 0 radical (unpaired) electrons. The predicted octanol–water partition coefficient (Wildman–Crippen LogP) is 22.7. The van der Waals surface area contributed by atoms with E-state index in [-0.39, 0.29) is 5.78 Å². The normalized spacial score (nSPS) is 17.7. The number of rotatable bonds is 10. The Hall–Kier alpha value is -9.90. The minimum absolute atomic E-state index is 0.0839. The van der Waals surface area contributed by atoms with Gasteiger partial charge in [-0.3, -0.25) is 4.79 Å². The van der Waals surface area contributed by atoms with Crippen LogP contribution < -0.4 is 9.48 Å². The molecule has 1 unspecified atom stereocenters.